The maximum absolute atomic E-state index is 10.3. The predicted octanol–water partition coefficient (Wildman–Crippen LogP) is 1.25. The molecule has 0 heterocycles. The van der Waals surface area contributed by atoms with Crippen LogP contribution in [-0.4, -0.2) is 29.8 Å². The van der Waals surface area contributed by atoms with E-state index in [1.807, 2.05) is 0 Å². The van der Waals surface area contributed by atoms with E-state index in [9.17, 15) is 5.11 Å². The summed E-state index contributed by atoms with van der Waals surface area (Å²) in [6.07, 6.45) is 5.48. The summed E-state index contributed by atoms with van der Waals surface area (Å²) in [5, 5.41) is 13.6. The average molecular weight is 214 g/mol. The first-order valence-electron chi connectivity index (χ1n) is 6.25. The Morgan fingerprint density at radius 3 is 2.53 bits per heavy atom. The van der Waals surface area contributed by atoms with Crippen molar-refractivity contribution >= 4 is 0 Å². The SMILES string of the molecule is CCC1CCC(O)(CNC(C)CN)CC1. The highest BCUT2D eigenvalue weighted by Crippen LogP contribution is 2.33. The Balaban J connectivity index is 2.28. The van der Waals surface area contributed by atoms with E-state index in [4.69, 9.17) is 5.73 Å². The van der Waals surface area contributed by atoms with Crippen molar-refractivity contribution in [1.82, 2.24) is 5.32 Å². The third kappa shape index (κ3) is 4.09. The number of hydrogen-bond acceptors (Lipinski definition) is 3. The molecule has 0 aromatic rings. The van der Waals surface area contributed by atoms with Crippen molar-refractivity contribution in [2.45, 2.75) is 57.6 Å². The summed E-state index contributed by atoms with van der Waals surface area (Å²) in [6, 6.07) is 0.304. The van der Waals surface area contributed by atoms with Gasteiger partial charge in [-0.1, -0.05) is 13.3 Å². The summed E-state index contributed by atoms with van der Waals surface area (Å²) in [4.78, 5) is 0. The van der Waals surface area contributed by atoms with Crippen molar-refractivity contribution in [2.75, 3.05) is 13.1 Å². The summed E-state index contributed by atoms with van der Waals surface area (Å²) in [5.74, 6) is 0.831. The third-order valence-corrected chi connectivity index (χ3v) is 3.75. The van der Waals surface area contributed by atoms with Gasteiger partial charge in [-0.3, -0.25) is 0 Å². The molecule has 1 aliphatic carbocycles. The van der Waals surface area contributed by atoms with Crippen LogP contribution in [0.1, 0.15) is 46.0 Å². The van der Waals surface area contributed by atoms with Gasteiger partial charge in [-0.15, -0.1) is 0 Å². The molecule has 0 bridgehead atoms. The van der Waals surface area contributed by atoms with Crippen molar-refractivity contribution in [3.05, 3.63) is 0 Å². The lowest BCUT2D eigenvalue weighted by atomic mass is 9.78. The minimum Gasteiger partial charge on any atom is -0.389 e. The molecular weight excluding hydrogens is 188 g/mol. The van der Waals surface area contributed by atoms with Crippen LogP contribution >= 0.6 is 0 Å². The normalized spacial score (nSPS) is 34.0. The monoisotopic (exact) mass is 214 g/mol. The zero-order valence-corrected chi connectivity index (χ0v) is 10.1. The predicted molar refractivity (Wildman–Crippen MR) is 63.7 cm³/mol. The molecule has 4 N–H and O–H groups in total. The number of nitrogens with one attached hydrogen (secondary N) is 1. The molecule has 1 saturated carbocycles. The highest BCUT2D eigenvalue weighted by atomic mass is 16.3. The van der Waals surface area contributed by atoms with Crippen LogP contribution in [0.15, 0.2) is 0 Å². The third-order valence-electron chi connectivity index (χ3n) is 3.75. The molecule has 15 heavy (non-hydrogen) atoms. The standard InChI is InChI=1S/C12H26N2O/c1-3-11-4-6-12(15,7-5-11)9-14-10(2)8-13/h10-11,14-15H,3-9,13H2,1-2H3. The van der Waals surface area contributed by atoms with Crippen molar-refractivity contribution in [3.63, 3.8) is 0 Å². The van der Waals surface area contributed by atoms with Crippen LogP contribution in [-0.2, 0) is 0 Å². The highest BCUT2D eigenvalue weighted by Gasteiger charge is 2.32. The fraction of sp³-hybridized carbons (Fsp3) is 1.00. The minimum absolute atomic E-state index is 0.304. The molecule has 0 spiro atoms. The Kier molecular flexibility index (Phi) is 5.03. The van der Waals surface area contributed by atoms with Crippen LogP contribution in [0.5, 0.6) is 0 Å². The minimum atomic E-state index is -0.477. The van der Waals surface area contributed by atoms with Gasteiger partial charge in [0.2, 0.25) is 0 Å². The van der Waals surface area contributed by atoms with Gasteiger partial charge in [0.1, 0.15) is 0 Å². The fourth-order valence-electron chi connectivity index (χ4n) is 2.25. The summed E-state index contributed by atoms with van der Waals surface area (Å²) in [5.41, 5.74) is 5.05. The molecule has 1 unspecified atom stereocenters. The molecule has 1 rings (SSSR count). The molecule has 3 nitrogen and oxygen atoms in total. The quantitative estimate of drug-likeness (QED) is 0.645. The molecule has 1 aliphatic rings. The van der Waals surface area contributed by atoms with Gasteiger partial charge in [-0.2, -0.15) is 0 Å². The maximum atomic E-state index is 10.3. The number of nitrogens with two attached hydrogens (primary N) is 1. The zero-order valence-electron chi connectivity index (χ0n) is 10.1. The molecule has 0 saturated heterocycles. The lowest BCUT2D eigenvalue weighted by molar-refractivity contribution is -0.0101. The topological polar surface area (TPSA) is 58.3 Å². The Labute approximate surface area is 93.4 Å². The van der Waals surface area contributed by atoms with E-state index in [0.29, 0.717) is 19.1 Å². The van der Waals surface area contributed by atoms with E-state index in [1.54, 1.807) is 0 Å². The summed E-state index contributed by atoms with van der Waals surface area (Å²) < 4.78 is 0. The molecule has 1 atom stereocenters. The van der Waals surface area contributed by atoms with Gasteiger partial charge in [0.05, 0.1) is 5.60 Å². The Hall–Kier alpha value is -0.120. The van der Waals surface area contributed by atoms with Crippen LogP contribution in [0.2, 0.25) is 0 Å². The van der Waals surface area contributed by atoms with Crippen molar-refractivity contribution in [1.29, 1.82) is 0 Å². The Bertz CT molecular complexity index is 176. The van der Waals surface area contributed by atoms with Gasteiger partial charge in [-0.25, -0.2) is 0 Å². The second kappa shape index (κ2) is 5.83. The molecule has 0 aromatic carbocycles. The maximum Gasteiger partial charge on any atom is 0.0771 e. The van der Waals surface area contributed by atoms with Gasteiger partial charge in [0.25, 0.3) is 0 Å². The number of aliphatic hydroxyl groups is 1. The highest BCUT2D eigenvalue weighted by molar-refractivity contribution is 4.87. The van der Waals surface area contributed by atoms with Gasteiger partial charge in [-0.05, 0) is 38.5 Å². The number of rotatable bonds is 5. The Morgan fingerprint density at radius 1 is 1.47 bits per heavy atom. The summed E-state index contributed by atoms with van der Waals surface area (Å²) >= 11 is 0. The molecule has 0 aliphatic heterocycles. The van der Waals surface area contributed by atoms with Gasteiger partial charge in [0, 0.05) is 19.1 Å². The smallest absolute Gasteiger partial charge is 0.0771 e. The van der Waals surface area contributed by atoms with Gasteiger partial charge < -0.3 is 16.2 Å². The van der Waals surface area contributed by atoms with Crippen molar-refractivity contribution in [2.24, 2.45) is 11.7 Å². The lowest BCUT2D eigenvalue weighted by Crippen LogP contribution is -2.47. The van der Waals surface area contributed by atoms with Crippen LogP contribution < -0.4 is 11.1 Å². The molecular formula is C12H26N2O. The van der Waals surface area contributed by atoms with Gasteiger partial charge in [0.15, 0.2) is 0 Å². The van der Waals surface area contributed by atoms with Crippen LogP contribution in [0.4, 0.5) is 0 Å². The number of hydrogen-bond donors (Lipinski definition) is 3. The Morgan fingerprint density at radius 2 is 2.07 bits per heavy atom. The van der Waals surface area contributed by atoms with Crippen LogP contribution in [0.3, 0.4) is 0 Å². The van der Waals surface area contributed by atoms with Crippen molar-refractivity contribution < 1.29 is 5.11 Å². The largest absolute Gasteiger partial charge is 0.389 e. The van der Waals surface area contributed by atoms with Gasteiger partial charge >= 0.3 is 0 Å². The molecule has 0 aromatic heterocycles. The van der Waals surface area contributed by atoms with Crippen LogP contribution in [0, 0.1) is 5.92 Å². The molecule has 90 valence electrons. The zero-order chi connectivity index (χ0) is 11.3. The molecule has 0 radical (unpaired) electrons. The first-order valence-corrected chi connectivity index (χ1v) is 6.25. The van der Waals surface area contributed by atoms with E-state index in [0.717, 1.165) is 18.8 Å². The first kappa shape index (κ1) is 12.9. The second-order valence-corrected chi connectivity index (χ2v) is 5.09. The van der Waals surface area contributed by atoms with Crippen LogP contribution in [0.25, 0.3) is 0 Å². The molecule has 0 amide bonds. The van der Waals surface area contributed by atoms with Crippen molar-refractivity contribution in [3.8, 4) is 0 Å². The molecule has 3 heteroatoms. The fourth-order valence-corrected chi connectivity index (χ4v) is 2.25. The first-order chi connectivity index (χ1) is 7.09. The lowest BCUT2D eigenvalue weighted by Gasteiger charge is -2.36. The summed E-state index contributed by atoms with van der Waals surface area (Å²) in [6.45, 7) is 5.63. The van der Waals surface area contributed by atoms with E-state index >= 15 is 0 Å². The van der Waals surface area contributed by atoms with E-state index < -0.39 is 5.60 Å². The van der Waals surface area contributed by atoms with E-state index in [2.05, 4.69) is 19.2 Å². The van der Waals surface area contributed by atoms with E-state index in [1.165, 1.54) is 19.3 Å². The second-order valence-electron chi connectivity index (χ2n) is 5.09. The molecule has 1 fully saturated rings. The summed E-state index contributed by atoms with van der Waals surface area (Å²) in [7, 11) is 0. The van der Waals surface area contributed by atoms with E-state index in [-0.39, 0.29) is 0 Å². The average Bonchev–Trinajstić information content (AvgIpc) is 2.27.